The van der Waals surface area contributed by atoms with Crippen LogP contribution in [0.5, 0.6) is 5.75 Å². The molecule has 0 amide bonds. The van der Waals surface area contributed by atoms with E-state index in [1.165, 1.54) is 6.07 Å². The van der Waals surface area contributed by atoms with E-state index in [1.807, 2.05) is 24.3 Å². The van der Waals surface area contributed by atoms with Crippen molar-refractivity contribution in [2.45, 2.75) is 30.3 Å². The maximum atomic E-state index is 12.3. The fourth-order valence-electron chi connectivity index (χ4n) is 5.79. The van der Waals surface area contributed by atoms with Crippen LogP contribution >= 0.6 is 0 Å². The van der Waals surface area contributed by atoms with Gasteiger partial charge in [0.1, 0.15) is 5.75 Å². The van der Waals surface area contributed by atoms with Crippen LogP contribution in [0.15, 0.2) is 55.1 Å². The third-order valence-corrected chi connectivity index (χ3v) is 7.38. The zero-order chi connectivity index (χ0) is 22.5. The van der Waals surface area contributed by atoms with Crippen LogP contribution in [0.25, 0.3) is 10.9 Å². The number of ether oxygens (including phenoxy) is 1. The normalized spacial score (nSPS) is 25.2. The summed E-state index contributed by atoms with van der Waals surface area (Å²) in [7, 11) is 1.65. The number of β-amino-alcohol motifs (C(OH)–C–C–N with tert-alkyl or cyclic N) is 1. The minimum absolute atomic E-state index is 0.0619. The number of nitrogens with one attached hydrogen (secondary N) is 1. The fraction of sp³-hybridized carbons (Fsp3) is 0.360. The summed E-state index contributed by atoms with van der Waals surface area (Å²) < 4.78 is 5.49. The third kappa shape index (κ3) is 3.04. The smallest absolute Gasteiger partial charge is 0.271 e. The molecule has 2 aliphatic rings. The number of nitro benzene ring substituents is 1. The number of aromatic nitrogens is 1. The first-order valence-electron chi connectivity index (χ1n) is 10.9. The van der Waals surface area contributed by atoms with Crippen LogP contribution < -0.4 is 4.74 Å². The number of nitrogens with zero attached hydrogens (tertiary/aromatic N) is 2. The van der Waals surface area contributed by atoms with E-state index in [0.29, 0.717) is 19.4 Å². The molecule has 166 valence electrons. The second kappa shape index (κ2) is 7.46. The first kappa shape index (κ1) is 20.7. The number of methoxy groups -OCH3 is 1. The lowest BCUT2D eigenvalue weighted by Gasteiger charge is -2.56. The lowest BCUT2D eigenvalue weighted by Crippen LogP contribution is -2.66. The Bertz CT molecular complexity index is 1220. The molecule has 2 N–H and O–H groups in total. The first-order valence-corrected chi connectivity index (χ1v) is 10.9. The number of hydrogen-bond donors (Lipinski definition) is 2. The van der Waals surface area contributed by atoms with Crippen LogP contribution in [-0.2, 0) is 18.3 Å². The number of aromatic amines is 1. The summed E-state index contributed by atoms with van der Waals surface area (Å²) in [6, 6.07) is 12.9. The van der Waals surface area contributed by atoms with Crippen molar-refractivity contribution in [2.24, 2.45) is 0 Å². The number of fused-ring (bicyclic) bond motifs is 4. The van der Waals surface area contributed by atoms with Gasteiger partial charge in [0.05, 0.1) is 23.2 Å². The van der Waals surface area contributed by atoms with Crippen molar-refractivity contribution in [3.63, 3.8) is 0 Å². The lowest BCUT2D eigenvalue weighted by atomic mass is 9.56. The van der Waals surface area contributed by atoms with Gasteiger partial charge in [0.2, 0.25) is 0 Å². The highest BCUT2D eigenvalue weighted by Crippen LogP contribution is 2.52. The molecule has 3 aromatic rings. The highest BCUT2D eigenvalue weighted by molar-refractivity contribution is 5.87. The van der Waals surface area contributed by atoms with Gasteiger partial charge in [0, 0.05) is 54.6 Å². The van der Waals surface area contributed by atoms with Gasteiger partial charge in [-0.1, -0.05) is 18.2 Å². The monoisotopic (exact) mass is 433 g/mol. The average Bonchev–Trinajstić information content (AvgIpc) is 3.13. The van der Waals surface area contributed by atoms with Crippen molar-refractivity contribution < 1.29 is 14.8 Å². The summed E-state index contributed by atoms with van der Waals surface area (Å²) in [5, 5.41) is 24.5. The number of aliphatic hydroxyl groups is 1. The van der Waals surface area contributed by atoms with Gasteiger partial charge in [-0.2, -0.15) is 0 Å². The van der Waals surface area contributed by atoms with Crippen LogP contribution in [0.3, 0.4) is 0 Å². The predicted octanol–water partition coefficient (Wildman–Crippen LogP) is 3.74. The largest absolute Gasteiger partial charge is 0.497 e. The summed E-state index contributed by atoms with van der Waals surface area (Å²) in [6.45, 7) is 5.99. The number of piperidine rings is 1. The Morgan fingerprint density at radius 1 is 1.31 bits per heavy atom. The molecule has 1 fully saturated rings. The molecular weight excluding hydrogens is 406 g/mol. The minimum Gasteiger partial charge on any atom is -0.497 e. The third-order valence-electron chi connectivity index (χ3n) is 7.38. The van der Waals surface area contributed by atoms with Gasteiger partial charge in [-0.25, -0.2) is 0 Å². The van der Waals surface area contributed by atoms with Crippen LogP contribution in [0, 0.1) is 10.1 Å². The topological polar surface area (TPSA) is 91.6 Å². The Balaban J connectivity index is 1.67. The lowest BCUT2D eigenvalue weighted by molar-refractivity contribution is -0.384. The van der Waals surface area contributed by atoms with Crippen molar-refractivity contribution in [3.8, 4) is 5.75 Å². The maximum absolute atomic E-state index is 12.3. The van der Waals surface area contributed by atoms with E-state index in [0.717, 1.165) is 53.0 Å². The van der Waals surface area contributed by atoms with E-state index in [1.54, 1.807) is 19.2 Å². The Hall–Kier alpha value is -3.16. The predicted molar refractivity (Wildman–Crippen MR) is 123 cm³/mol. The Kier molecular flexibility index (Phi) is 4.83. The standard InChI is InChI=1S/C25H27N3O4/c1-3-10-27-11-9-24(17-5-4-6-19(12-17)32-2)15-23-21(14-25(24,29)16-27)20-8-7-18(28(30)31)13-22(20)26-23/h3-8,12-13,26,29H,1,9-11,14-16H2,2H3. The van der Waals surface area contributed by atoms with Crippen molar-refractivity contribution in [1.29, 1.82) is 0 Å². The van der Waals surface area contributed by atoms with Gasteiger partial charge < -0.3 is 14.8 Å². The second-order valence-corrected chi connectivity index (χ2v) is 9.04. The molecular formula is C25H27N3O4. The highest BCUT2D eigenvalue weighted by atomic mass is 16.6. The van der Waals surface area contributed by atoms with E-state index in [-0.39, 0.29) is 10.6 Å². The van der Waals surface area contributed by atoms with Crippen LogP contribution in [0.4, 0.5) is 5.69 Å². The molecule has 0 radical (unpaired) electrons. The first-order chi connectivity index (χ1) is 15.4. The summed E-state index contributed by atoms with van der Waals surface area (Å²) in [5.74, 6) is 0.769. The SMILES string of the molecule is C=CCN1CCC2(c3cccc(OC)c3)Cc3[nH]c4cc([N+](=O)[O-])ccc4c3CC2(O)C1. The molecule has 0 saturated carbocycles. The second-order valence-electron chi connectivity index (χ2n) is 9.04. The summed E-state index contributed by atoms with van der Waals surface area (Å²) in [4.78, 5) is 16.6. The Morgan fingerprint density at radius 2 is 2.16 bits per heavy atom. The van der Waals surface area contributed by atoms with E-state index in [2.05, 4.69) is 22.5 Å². The molecule has 2 aromatic carbocycles. The van der Waals surface area contributed by atoms with Crippen molar-refractivity contribution >= 4 is 16.6 Å². The van der Waals surface area contributed by atoms with Gasteiger partial charge in [-0.05, 0) is 42.3 Å². The summed E-state index contributed by atoms with van der Waals surface area (Å²) in [5.41, 5.74) is 2.49. The van der Waals surface area contributed by atoms with Crippen LogP contribution in [0.1, 0.15) is 23.2 Å². The number of hydrogen-bond acceptors (Lipinski definition) is 5. The molecule has 0 spiro atoms. The van der Waals surface area contributed by atoms with Crippen LogP contribution in [-0.4, -0.2) is 52.3 Å². The zero-order valence-electron chi connectivity index (χ0n) is 18.1. The fourth-order valence-corrected chi connectivity index (χ4v) is 5.79. The van der Waals surface area contributed by atoms with Crippen molar-refractivity contribution in [2.75, 3.05) is 26.7 Å². The van der Waals surface area contributed by atoms with Gasteiger partial charge >= 0.3 is 0 Å². The Labute approximate surface area is 186 Å². The van der Waals surface area contributed by atoms with Gasteiger partial charge in [0.25, 0.3) is 5.69 Å². The quantitative estimate of drug-likeness (QED) is 0.363. The zero-order valence-corrected chi connectivity index (χ0v) is 18.1. The molecule has 1 aliphatic heterocycles. The molecule has 2 unspecified atom stereocenters. The number of benzene rings is 2. The molecule has 32 heavy (non-hydrogen) atoms. The summed E-state index contributed by atoms with van der Waals surface area (Å²) >= 11 is 0. The molecule has 2 atom stereocenters. The molecule has 1 aliphatic carbocycles. The average molecular weight is 434 g/mol. The van der Waals surface area contributed by atoms with Crippen molar-refractivity contribution in [3.05, 3.63) is 82.1 Å². The Morgan fingerprint density at radius 3 is 2.91 bits per heavy atom. The van der Waals surface area contributed by atoms with Gasteiger partial charge in [-0.3, -0.25) is 15.0 Å². The van der Waals surface area contributed by atoms with E-state index in [4.69, 9.17) is 4.74 Å². The molecule has 5 rings (SSSR count). The van der Waals surface area contributed by atoms with E-state index < -0.39 is 11.0 Å². The number of non-ortho nitro benzene ring substituents is 1. The van der Waals surface area contributed by atoms with E-state index in [9.17, 15) is 15.2 Å². The molecule has 1 aromatic heterocycles. The molecule has 2 heterocycles. The molecule has 0 bridgehead atoms. The highest BCUT2D eigenvalue weighted by Gasteiger charge is 2.57. The molecule has 7 heteroatoms. The summed E-state index contributed by atoms with van der Waals surface area (Å²) in [6.07, 6.45) is 3.78. The number of likely N-dealkylation sites (tertiary alicyclic amines) is 1. The van der Waals surface area contributed by atoms with Crippen molar-refractivity contribution in [1.82, 2.24) is 9.88 Å². The maximum Gasteiger partial charge on any atom is 0.271 e. The van der Waals surface area contributed by atoms with Crippen LogP contribution in [0.2, 0.25) is 0 Å². The van der Waals surface area contributed by atoms with E-state index >= 15 is 0 Å². The van der Waals surface area contributed by atoms with Gasteiger partial charge in [-0.15, -0.1) is 6.58 Å². The number of nitro groups is 1. The number of rotatable bonds is 5. The van der Waals surface area contributed by atoms with Gasteiger partial charge in [0.15, 0.2) is 0 Å². The molecule has 7 nitrogen and oxygen atoms in total. The minimum atomic E-state index is -0.996. The molecule has 1 saturated heterocycles. The number of H-pyrrole nitrogens is 1.